The van der Waals surface area contributed by atoms with Gasteiger partial charge in [-0.2, -0.15) is 0 Å². The van der Waals surface area contributed by atoms with E-state index in [4.69, 9.17) is 0 Å². The predicted octanol–water partition coefficient (Wildman–Crippen LogP) is 4.26. The van der Waals surface area contributed by atoms with Crippen molar-refractivity contribution < 1.29 is 18.3 Å². The second-order valence-corrected chi connectivity index (χ2v) is 5.02. The van der Waals surface area contributed by atoms with Crippen molar-refractivity contribution in [3.8, 4) is 0 Å². The van der Waals surface area contributed by atoms with E-state index >= 15 is 0 Å². The maximum Gasteiger partial charge on any atom is 0.146 e. The number of aryl methyl sites for hydroxylation is 1. The topological polar surface area (TPSA) is 20.2 Å². The Labute approximate surface area is 116 Å². The van der Waals surface area contributed by atoms with Crippen LogP contribution in [0.15, 0.2) is 34.8 Å². The van der Waals surface area contributed by atoms with Crippen molar-refractivity contribution in [3.63, 3.8) is 0 Å². The zero-order chi connectivity index (χ0) is 14.2. The Hall–Kier alpha value is -1.33. The molecule has 0 aliphatic rings. The Morgan fingerprint density at radius 3 is 2.32 bits per heavy atom. The number of hydrogen-bond donors (Lipinski definition) is 1. The molecule has 100 valence electrons. The largest absolute Gasteiger partial charge is 0.383 e. The van der Waals surface area contributed by atoms with Gasteiger partial charge in [0.2, 0.25) is 0 Å². The maximum absolute atomic E-state index is 13.9. The van der Waals surface area contributed by atoms with Crippen LogP contribution in [0.3, 0.4) is 0 Å². The SMILES string of the molecule is Cc1cc(C(O)c2c(F)ccc(Br)c2F)ccc1F. The van der Waals surface area contributed by atoms with E-state index < -0.39 is 29.1 Å². The third-order valence-electron chi connectivity index (χ3n) is 2.85. The van der Waals surface area contributed by atoms with Gasteiger partial charge in [-0.15, -0.1) is 0 Å². The molecule has 0 spiro atoms. The fraction of sp³-hybridized carbons (Fsp3) is 0.143. The van der Waals surface area contributed by atoms with Gasteiger partial charge in [-0.05, 0) is 52.2 Å². The summed E-state index contributed by atoms with van der Waals surface area (Å²) in [5.41, 5.74) is 0.0718. The lowest BCUT2D eigenvalue weighted by molar-refractivity contribution is 0.208. The van der Waals surface area contributed by atoms with E-state index in [-0.39, 0.29) is 10.0 Å². The molecule has 5 heteroatoms. The molecule has 0 aliphatic heterocycles. The summed E-state index contributed by atoms with van der Waals surface area (Å²) in [6, 6.07) is 6.09. The fourth-order valence-corrected chi connectivity index (χ4v) is 2.14. The van der Waals surface area contributed by atoms with Crippen LogP contribution in [0, 0.1) is 24.4 Å². The standard InChI is InChI=1S/C14H10BrF3O/c1-7-6-8(2-4-10(7)16)14(19)12-11(17)5-3-9(15)13(12)18/h2-6,14,19H,1H3. The van der Waals surface area contributed by atoms with E-state index in [0.29, 0.717) is 5.56 Å². The van der Waals surface area contributed by atoms with E-state index in [2.05, 4.69) is 15.9 Å². The van der Waals surface area contributed by atoms with Gasteiger partial charge in [-0.1, -0.05) is 12.1 Å². The van der Waals surface area contributed by atoms with Gasteiger partial charge in [0.05, 0.1) is 10.0 Å². The van der Waals surface area contributed by atoms with Crippen LogP contribution in [-0.2, 0) is 0 Å². The van der Waals surface area contributed by atoms with E-state index in [1.54, 1.807) is 0 Å². The Morgan fingerprint density at radius 1 is 1.05 bits per heavy atom. The van der Waals surface area contributed by atoms with E-state index in [9.17, 15) is 18.3 Å². The molecule has 0 aromatic heterocycles. The van der Waals surface area contributed by atoms with Crippen LogP contribution >= 0.6 is 15.9 Å². The second kappa shape index (κ2) is 5.35. The average Bonchev–Trinajstić information content (AvgIpc) is 2.37. The predicted molar refractivity (Wildman–Crippen MR) is 69.3 cm³/mol. The number of aliphatic hydroxyl groups excluding tert-OH is 1. The molecule has 2 rings (SSSR count). The summed E-state index contributed by atoms with van der Waals surface area (Å²) in [5.74, 6) is -2.16. The van der Waals surface area contributed by atoms with Crippen LogP contribution in [-0.4, -0.2) is 5.11 Å². The molecule has 0 aliphatic carbocycles. The van der Waals surface area contributed by atoms with Gasteiger partial charge in [0, 0.05) is 0 Å². The summed E-state index contributed by atoms with van der Waals surface area (Å²) in [7, 11) is 0. The molecule has 1 nitrogen and oxygen atoms in total. The lowest BCUT2D eigenvalue weighted by atomic mass is 9.99. The van der Waals surface area contributed by atoms with Crippen molar-refractivity contribution in [1.29, 1.82) is 0 Å². The summed E-state index contributed by atoms with van der Waals surface area (Å²) in [6.45, 7) is 1.51. The molecule has 1 atom stereocenters. The average molecular weight is 331 g/mol. The Kier molecular flexibility index (Phi) is 3.96. The van der Waals surface area contributed by atoms with E-state index in [0.717, 1.165) is 12.1 Å². The lowest BCUT2D eigenvalue weighted by Gasteiger charge is -2.15. The molecule has 0 saturated carbocycles. The first kappa shape index (κ1) is 14.1. The molecule has 0 amide bonds. The molecule has 0 bridgehead atoms. The van der Waals surface area contributed by atoms with Gasteiger partial charge in [0.15, 0.2) is 0 Å². The Balaban J connectivity index is 2.52. The Morgan fingerprint density at radius 2 is 1.68 bits per heavy atom. The van der Waals surface area contributed by atoms with Crippen molar-refractivity contribution >= 4 is 15.9 Å². The van der Waals surface area contributed by atoms with Crippen molar-refractivity contribution in [3.05, 3.63) is 68.9 Å². The van der Waals surface area contributed by atoms with Crippen LogP contribution < -0.4 is 0 Å². The minimum absolute atomic E-state index is 0.0572. The third kappa shape index (κ3) is 2.67. The highest BCUT2D eigenvalue weighted by atomic mass is 79.9. The monoisotopic (exact) mass is 330 g/mol. The molecular weight excluding hydrogens is 321 g/mol. The van der Waals surface area contributed by atoms with Crippen LogP contribution in [0.5, 0.6) is 0 Å². The molecular formula is C14H10BrF3O. The van der Waals surface area contributed by atoms with Crippen LogP contribution in [0.25, 0.3) is 0 Å². The summed E-state index contributed by atoms with van der Waals surface area (Å²) < 4.78 is 40.7. The third-order valence-corrected chi connectivity index (χ3v) is 3.46. The lowest BCUT2D eigenvalue weighted by Crippen LogP contribution is -2.07. The second-order valence-electron chi connectivity index (χ2n) is 4.17. The number of halogens is 4. The van der Waals surface area contributed by atoms with Gasteiger partial charge in [0.1, 0.15) is 23.6 Å². The minimum Gasteiger partial charge on any atom is -0.383 e. The Bertz CT molecular complexity index is 628. The van der Waals surface area contributed by atoms with Gasteiger partial charge >= 0.3 is 0 Å². The van der Waals surface area contributed by atoms with Crippen molar-refractivity contribution in [1.82, 2.24) is 0 Å². The first-order chi connectivity index (χ1) is 8.91. The van der Waals surface area contributed by atoms with Crippen LogP contribution in [0.4, 0.5) is 13.2 Å². The van der Waals surface area contributed by atoms with Crippen LogP contribution in [0.1, 0.15) is 22.8 Å². The first-order valence-electron chi connectivity index (χ1n) is 5.49. The number of hydrogen-bond acceptors (Lipinski definition) is 1. The van der Waals surface area contributed by atoms with Crippen molar-refractivity contribution in [2.75, 3.05) is 0 Å². The maximum atomic E-state index is 13.9. The normalized spacial score (nSPS) is 12.5. The summed E-state index contributed by atoms with van der Waals surface area (Å²) >= 11 is 2.93. The highest BCUT2D eigenvalue weighted by molar-refractivity contribution is 9.10. The van der Waals surface area contributed by atoms with Gasteiger partial charge < -0.3 is 5.11 Å². The fourth-order valence-electron chi connectivity index (χ4n) is 1.80. The van der Waals surface area contributed by atoms with Crippen molar-refractivity contribution in [2.24, 2.45) is 0 Å². The van der Waals surface area contributed by atoms with Crippen LogP contribution in [0.2, 0.25) is 0 Å². The zero-order valence-corrected chi connectivity index (χ0v) is 11.5. The summed E-state index contributed by atoms with van der Waals surface area (Å²) in [6.07, 6.45) is -1.49. The van der Waals surface area contributed by atoms with Gasteiger partial charge in [0.25, 0.3) is 0 Å². The highest BCUT2D eigenvalue weighted by Gasteiger charge is 2.22. The molecule has 1 N–H and O–H groups in total. The molecule has 0 saturated heterocycles. The molecule has 2 aromatic rings. The van der Waals surface area contributed by atoms with Gasteiger partial charge in [-0.25, -0.2) is 13.2 Å². The molecule has 0 radical (unpaired) electrons. The summed E-state index contributed by atoms with van der Waals surface area (Å²) in [5, 5.41) is 10.1. The summed E-state index contributed by atoms with van der Waals surface area (Å²) in [4.78, 5) is 0. The zero-order valence-electron chi connectivity index (χ0n) is 9.92. The number of benzene rings is 2. The molecule has 0 fully saturated rings. The van der Waals surface area contributed by atoms with Gasteiger partial charge in [-0.3, -0.25) is 0 Å². The molecule has 0 heterocycles. The first-order valence-corrected chi connectivity index (χ1v) is 6.28. The molecule has 2 aromatic carbocycles. The van der Waals surface area contributed by atoms with Crippen molar-refractivity contribution in [2.45, 2.75) is 13.0 Å². The minimum atomic E-state index is -1.49. The number of aliphatic hydroxyl groups is 1. The van der Waals surface area contributed by atoms with E-state index in [1.165, 1.54) is 25.1 Å². The quantitative estimate of drug-likeness (QED) is 0.816. The molecule has 19 heavy (non-hydrogen) atoms. The smallest absolute Gasteiger partial charge is 0.146 e. The highest BCUT2D eigenvalue weighted by Crippen LogP contribution is 2.31. The molecule has 1 unspecified atom stereocenters. The van der Waals surface area contributed by atoms with E-state index in [1.807, 2.05) is 0 Å². The number of rotatable bonds is 2.